The van der Waals surface area contributed by atoms with Gasteiger partial charge in [-0.2, -0.15) is 11.8 Å². The fourth-order valence-electron chi connectivity index (χ4n) is 1.95. The number of hydrogen-bond acceptors (Lipinski definition) is 3. The third-order valence-electron chi connectivity index (χ3n) is 3.13. The molecule has 0 saturated carbocycles. The van der Waals surface area contributed by atoms with Crippen molar-refractivity contribution in [3.05, 3.63) is 59.7 Å². The normalized spacial score (nSPS) is 10.3. The largest absolute Gasteiger partial charge is 0.334 e. The van der Waals surface area contributed by atoms with Gasteiger partial charge in [0.25, 0.3) is 0 Å². The van der Waals surface area contributed by atoms with E-state index in [1.807, 2.05) is 42.7 Å². The molecular formula is C17H20N2OS2. The maximum atomic E-state index is 11.9. The van der Waals surface area contributed by atoms with Crippen LogP contribution in [0.4, 0.5) is 10.5 Å². The zero-order valence-electron chi connectivity index (χ0n) is 12.8. The van der Waals surface area contributed by atoms with Gasteiger partial charge in [-0.15, -0.1) is 11.8 Å². The molecule has 0 aliphatic carbocycles. The van der Waals surface area contributed by atoms with Crippen LogP contribution in [0.15, 0.2) is 53.4 Å². The van der Waals surface area contributed by atoms with E-state index < -0.39 is 0 Å². The molecular weight excluding hydrogens is 312 g/mol. The summed E-state index contributed by atoms with van der Waals surface area (Å²) in [5.41, 5.74) is 3.15. The monoisotopic (exact) mass is 332 g/mol. The molecule has 0 aliphatic rings. The standard InChI is InChI=1S/C17H20N2OS2/c1-21-12-14-3-7-15(8-4-14)19-17(20)18-11-13-5-9-16(22-2)10-6-13/h3-10H,11-12H2,1-2H3,(H2,18,19,20). The van der Waals surface area contributed by atoms with Gasteiger partial charge in [0.1, 0.15) is 0 Å². The Kier molecular flexibility index (Phi) is 6.68. The lowest BCUT2D eigenvalue weighted by Gasteiger charge is -2.09. The lowest BCUT2D eigenvalue weighted by Crippen LogP contribution is -2.28. The van der Waals surface area contributed by atoms with Crippen molar-refractivity contribution in [2.24, 2.45) is 0 Å². The number of urea groups is 1. The van der Waals surface area contributed by atoms with Crippen molar-refractivity contribution in [1.29, 1.82) is 0 Å². The van der Waals surface area contributed by atoms with Crippen LogP contribution in [-0.2, 0) is 12.3 Å². The average molecular weight is 332 g/mol. The molecule has 116 valence electrons. The minimum absolute atomic E-state index is 0.188. The molecule has 0 bridgehead atoms. The molecule has 3 nitrogen and oxygen atoms in total. The quantitative estimate of drug-likeness (QED) is 0.760. The van der Waals surface area contributed by atoms with Crippen LogP contribution >= 0.6 is 23.5 Å². The van der Waals surface area contributed by atoms with Gasteiger partial charge in [-0.3, -0.25) is 0 Å². The van der Waals surface area contributed by atoms with Gasteiger partial charge >= 0.3 is 6.03 Å². The molecule has 2 aromatic carbocycles. The van der Waals surface area contributed by atoms with Crippen molar-refractivity contribution >= 4 is 35.2 Å². The summed E-state index contributed by atoms with van der Waals surface area (Å²) < 4.78 is 0. The Hall–Kier alpha value is -1.59. The minimum Gasteiger partial charge on any atom is -0.334 e. The van der Waals surface area contributed by atoms with Crippen molar-refractivity contribution in [2.45, 2.75) is 17.2 Å². The Balaban J connectivity index is 1.81. The number of amides is 2. The lowest BCUT2D eigenvalue weighted by atomic mass is 10.2. The molecule has 0 aliphatic heterocycles. The van der Waals surface area contributed by atoms with Gasteiger partial charge in [-0.25, -0.2) is 4.79 Å². The molecule has 0 radical (unpaired) electrons. The van der Waals surface area contributed by atoms with Gasteiger partial charge in [0.05, 0.1) is 0 Å². The van der Waals surface area contributed by atoms with E-state index in [2.05, 4.69) is 29.0 Å². The summed E-state index contributed by atoms with van der Waals surface area (Å²) in [6, 6.07) is 15.9. The fourth-order valence-corrected chi connectivity index (χ4v) is 2.89. The van der Waals surface area contributed by atoms with Gasteiger partial charge in [0, 0.05) is 22.9 Å². The van der Waals surface area contributed by atoms with Crippen molar-refractivity contribution in [3.63, 3.8) is 0 Å². The van der Waals surface area contributed by atoms with E-state index in [9.17, 15) is 4.79 Å². The smallest absolute Gasteiger partial charge is 0.319 e. The van der Waals surface area contributed by atoms with Crippen LogP contribution in [0.5, 0.6) is 0 Å². The molecule has 0 fully saturated rings. The SMILES string of the molecule is CSCc1ccc(NC(=O)NCc2ccc(SC)cc2)cc1. The van der Waals surface area contributed by atoms with Gasteiger partial charge in [0.15, 0.2) is 0 Å². The first-order valence-corrected chi connectivity index (χ1v) is 9.59. The molecule has 0 unspecified atom stereocenters. The van der Waals surface area contributed by atoms with Crippen LogP contribution in [0.2, 0.25) is 0 Å². The molecule has 2 aromatic rings. The van der Waals surface area contributed by atoms with E-state index in [0.29, 0.717) is 6.54 Å². The van der Waals surface area contributed by atoms with Crippen LogP contribution in [0, 0.1) is 0 Å². The molecule has 0 heterocycles. The third-order valence-corrected chi connectivity index (χ3v) is 4.50. The Morgan fingerprint density at radius 2 is 1.59 bits per heavy atom. The van der Waals surface area contributed by atoms with Crippen molar-refractivity contribution in [2.75, 3.05) is 17.8 Å². The third kappa shape index (κ3) is 5.31. The number of anilines is 1. The summed E-state index contributed by atoms with van der Waals surface area (Å²) >= 11 is 3.49. The lowest BCUT2D eigenvalue weighted by molar-refractivity contribution is 0.251. The number of benzene rings is 2. The van der Waals surface area contributed by atoms with E-state index in [1.54, 1.807) is 23.5 Å². The molecule has 2 rings (SSSR count). The van der Waals surface area contributed by atoms with Gasteiger partial charge < -0.3 is 10.6 Å². The van der Waals surface area contributed by atoms with E-state index in [-0.39, 0.29) is 6.03 Å². The highest BCUT2D eigenvalue weighted by Crippen LogP contribution is 2.15. The van der Waals surface area contributed by atoms with Crippen LogP contribution < -0.4 is 10.6 Å². The molecule has 0 aromatic heterocycles. The minimum atomic E-state index is -0.188. The Bertz CT molecular complexity index is 597. The average Bonchev–Trinajstić information content (AvgIpc) is 2.55. The van der Waals surface area contributed by atoms with Crippen LogP contribution in [0.3, 0.4) is 0 Å². The van der Waals surface area contributed by atoms with Gasteiger partial charge in [0.2, 0.25) is 0 Å². The Labute approximate surface area is 140 Å². The highest BCUT2D eigenvalue weighted by Gasteiger charge is 2.02. The second kappa shape index (κ2) is 8.76. The number of hydrogen-bond donors (Lipinski definition) is 2. The zero-order chi connectivity index (χ0) is 15.8. The molecule has 5 heteroatoms. The fraction of sp³-hybridized carbons (Fsp3) is 0.235. The molecule has 0 atom stereocenters. The molecule has 22 heavy (non-hydrogen) atoms. The molecule has 2 N–H and O–H groups in total. The number of carbonyl (C=O) groups excluding carboxylic acids is 1. The predicted molar refractivity (Wildman–Crippen MR) is 97.7 cm³/mol. The second-order valence-corrected chi connectivity index (χ2v) is 6.53. The second-order valence-electron chi connectivity index (χ2n) is 4.79. The highest BCUT2D eigenvalue weighted by molar-refractivity contribution is 7.98. The van der Waals surface area contributed by atoms with Crippen molar-refractivity contribution in [3.8, 4) is 0 Å². The van der Waals surface area contributed by atoms with Crippen LogP contribution in [0.1, 0.15) is 11.1 Å². The number of rotatable bonds is 6. The maximum absolute atomic E-state index is 11.9. The Morgan fingerprint density at radius 1 is 0.955 bits per heavy atom. The van der Waals surface area contributed by atoms with E-state index in [4.69, 9.17) is 0 Å². The summed E-state index contributed by atoms with van der Waals surface area (Å²) in [5, 5.41) is 5.71. The topological polar surface area (TPSA) is 41.1 Å². The molecule has 2 amide bonds. The van der Waals surface area contributed by atoms with Gasteiger partial charge in [-0.1, -0.05) is 24.3 Å². The zero-order valence-corrected chi connectivity index (χ0v) is 14.4. The van der Waals surface area contributed by atoms with Crippen molar-refractivity contribution in [1.82, 2.24) is 5.32 Å². The highest BCUT2D eigenvalue weighted by atomic mass is 32.2. The van der Waals surface area contributed by atoms with E-state index in [0.717, 1.165) is 17.0 Å². The van der Waals surface area contributed by atoms with E-state index >= 15 is 0 Å². The first-order valence-electron chi connectivity index (χ1n) is 6.97. The molecule has 0 spiro atoms. The molecule has 0 saturated heterocycles. The van der Waals surface area contributed by atoms with Gasteiger partial charge in [-0.05, 0) is 47.9 Å². The first-order chi connectivity index (χ1) is 10.7. The summed E-state index contributed by atoms with van der Waals surface area (Å²) in [7, 11) is 0. The number of thioether (sulfide) groups is 2. The summed E-state index contributed by atoms with van der Waals surface area (Å²) in [6.07, 6.45) is 4.12. The van der Waals surface area contributed by atoms with E-state index in [1.165, 1.54) is 10.5 Å². The maximum Gasteiger partial charge on any atom is 0.319 e. The summed E-state index contributed by atoms with van der Waals surface area (Å²) in [4.78, 5) is 13.1. The Morgan fingerprint density at radius 3 is 2.18 bits per heavy atom. The predicted octanol–water partition coefficient (Wildman–Crippen LogP) is 4.59. The van der Waals surface area contributed by atoms with Crippen LogP contribution in [-0.4, -0.2) is 18.5 Å². The number of nitrogens with one attached hydrogen (secondary N) is 2. The van der Waals surface area contributed by atoms with Crippen molar-refractivity contribution < 1.29 is 4.79 Å². The first kappa shape index (κ1) is 16.8. The summed E-state index contributed by atoms with van der Waals surface area (Å²) in [5.74, 6) is 0.985. The van der Waals surface area contributed by atoms with Crippen LogP contribution in [0.25, 0.3) is 0 Å². The number of carbonyl (C=O) groups is 1. The summed E-state index contributed by atoms with van der Waals surface area (Å²) in [6.45, 7) is 0.519.